The molecule has 0 saturated carbocycles. The molecule has 1 aliphatic heterocycles. The van der Waals surface area contributed by atoms with E-state index in [1.54, 1.807) is 7.11 Å². The zero-order valence-electron chi connectivity index (χ0n) is 10.5. The standard InChI is InChI=1S/C14H18ClNO2/c1-18-10-11-5-7-16(8-6-11)14-4-2-3-13(15)12(14)9-17/h2-5,17H,6-10H2,1H3. The second-order valence-corrected chi connectivity index (χ2v) is 4.79. The van der Waals surface area contributed by atoms with Crippen LogP contribution in [-0.2, 0) is 11.3 Å². The van der Waals surface area contributed by atoms with Gasteiger partial charge in [0.15, 0.2) is 0 Å². The van der Waals surface area contributed by atoms with Gasteiger partial charge in [0.05, 0.1) is 13.2 Å². The second-order valence-electron chi connectivity index (χ2n) is 4.39. The molecule has 0 fully saturated rings. The maximum atomic E-state index is 9.42. The fraction of sp³-hybridized carbons (Fsp3) is 0.429. The van der Waals surface area contributed by atoms with E-state index in [0.29, 0.717) is 11.6 Å². The van der Waals surface area contributed by atoms with Crippen molar-refractivity contribution in [2.45, 2.75) is 13.0 Å². The average molecular weight is 268 g/mol. The van der Waals surface area contributed by atoms with Crippen molar-refractivity contribution >= 4 is 17.3 Å². The van der Waals surface area contributed by atoms with Crippen molar-refractivity contribution in [1.82, 2.24) is 0 Å². The number of nitrogens with zero attached hydrogens (tertiary/aromatic N) is 1. The average Bonchev–Trinajstić information content (AvgIpc) is 2.40. The van der Waals surface area contributed by atoms with Crippen LogP contribution in [0.2, 0.25) is 5.02 Å². The maximum Gasteiger partial charge on any atom is 0.0716 e. The van der Waals surface area contributed by atoms with Crippen LogP contribution in [0.25, 0.3) is 0 Å². The van der Waals surface area contributed by atoms with E-state index in [4.69, 9.17) is 16.3 Å². The van der Waals surface area contributed by atoms with E-state index in [-0.39, 0.29) is 6.61 Å². The van der Waals surface area contributed by atoms with E-state index in [1.807, 2.05) is 18.2 Å². The molecular weight excluding hydrogens is 250 g/mol. The summed E-state index contributed by atoms with van der Waals surface area (Å²) in [5.41, 5.74) is 3.17. The minimum Gasteiger partial charge on any atom is -0.392 e. The summed E-state index contributed by atoms with van der Waals surface area (Å²) in [6, 6.07) is 5.74. The molecule has 0 unspecified atom stereocenters. The number of aliphatic hydroxyl groups excluding tert-OH is 1. The first-order valence-corrected chi connectivity index (χ1v) is 6.44. The summed E-state index contributed by atoms with van der Waals surface area (Å²) in [6.45, 7) is 2.45. The molecule has 0 bridgehead atoms. The van der Waals surface area contributed by atoms with Gasteiger partial charge in [-0.2, -0.15) is 0 Å². The molecule has 0 atom stereocenters. The molecule has 2 rings (SSSR count). The van der Waals surface area contributed by atoms with E-state index in [2.05, 4.69) is 11.0 Å². The van der Waals surface area contributed by atoms with Gasteiger partial charge in [-0.1, -0.05) is 23.7 Å². The first-order chi connectivity index (χ1) is 8.76. The third kappa shape index (κ3) is 2.86. The molecule has 1 heterocycles. The van der Waals surface area contributed by atoms with Crippen molar-refractivity contribution in [3.63, 3.8) is 0 Å². The Bertz CT molecular complexity index is 445. The maximum absolute atomic E-state index is 9.42. The molecule has 0 amide bonds. The molecule has 1 aliphatic rings. The molecular formula is C14H18ClNO2. The monoisotopic (exact) mass is 267 g/mol. The van der Waals surface area contributed by atoms with E-state index in [9.17, 15) is 5.11 Å². The number of rotatable bonds is 4. The number of benzene rings is 1. The van der Waals surface area contributed by atoms with Gasteiger partial charge in [-0.25, -0.2) is 0 Å². The Morgan fingerprint density at radius 1 is 1.44 bits per heavy atom. The fourth-order valence-corrected chi connectivity index (χ4v) is 2.48. The van der Waals surface area contributed by atoms with E-state index in [0.717, 1.165) is 30.8 Å². The highest BCUT2D eigenvalue weighted by atomic mass is 35.5. The lowest BCUT2D eigenvalue weighted by Gasteiger charge is -2.30. The largest absolute Gasteiger partial charge is 0.392 e. The summed E-state index contributed by atoms with van der Waals surface area (Å²) >= 11 is 6.11. The molecule has 4 heteroatoms. The van der Waals surface area contributed by atoms with E-state index < -0.39 is 0 Å². The Hall–Kier alpha value is -1.03. The zero-order valence-corrected chi connectivity index (χ0v) is 11.3. The van der Waals surface area contributed by atoms with Crippen LogP contribution in [0.4, 0.5) is 5.69 Å². The van der Waals surface area contributed by atoms with Crippen LogP contribution in [-0.4, -0.2) is 31.9 Å². The summed E-state index contributed by atoms with van der Waals surface area (Å²) in [4.78, 5) is 2.23. The van der Waals surface area contributed by atoms with Crippen LogP contribution in [0.5, 0.6) is 0 Å². The summed E-state index contributed by atoms with van der Waals surface area (Å²) in [6.07, 6.45) is 3.18. The molecule has 0 spiro atoms. The van der Waals surface area contributed by atoms with Gasteiger partial charge in [-0.05, 0) is 24.1 Å². The summed E-state index contributed by atoms with van der Waals surface area (Å²) in [5, 5.41) is 10.0. The normalized spacial score (nSPS) is 15.7. The quantitative estimate of drug-likeness (QED) is 0.852. The molecule has 0 aliphatic carbocycles. The van der Waals surface area contributed by atoms with Gasteiger partial charge >= 0.3 is 0 Å². The van der Waals surface area contributed by atoms with Gasteiger partial charge in [0.25, 0.3) is 0 Å². The van der Waals surface area contributed by atoms with Gasteiger partial charge in [0, 0.05) is 36.5 Å². The third-order valence-corrected chi connectivity index (χ3v) is 3.58. The molecule has 98 valence electrons. The fourth-order valence-electron chi connectivity index (χ4n) is 2.25. The van der Waals surface area contributed by atoms with Crippen LogP contribution in [0.3, 0.4) is 0 Å². The van der Waals surface area contributed by atoms with Crippen LogP contribution in [0.15, 0.2) is 29.8 Å². The summed E-state index contributed by atoms with van der Waals surface area (Å²) < 4.78 is 5.14. The number of hydrogen-bond acceptors (Lipinski definition) is 3. The predicted octanol–water partition coefficient (Wildman–Crippen LogP) is 2.62. The van der Waals surface area contributed by atoms with Crippen molar-refractivity contribution in [2.75, 3.05) is 31.7 Å². The Morgan fingerprint density at radius 2 is 2.28 bits per heavy atom. The Balaban J connectivity index is 2.17. The second kappa shape index (κ2) is 6.23. The number of anilines is 1. The topological polar surface area (TPSA) is 32.7 Å². The van der Waals surface area contributed by atoms with Crippen molar-refractivity contribution in [1.29, 1.82) is 0 Å². The van der Waals surface area contributed by atoms with Gasteiger partial charge in [-0.15, -0.1) is 0 Å². The van der Waals surface area contributed by atoms with Crippen molar-refractivity contribution in [3.8, 4) is 0 Å². The van der Waals surface area contributed by atoms with E-state index in [1.165, 1.54) is 5.57 Å². The number of halogens is 1. The lowest BCUT2D eigenvalue weighted by molar-refractivity contribution is 0.222. The molecule has 3 nitrogen and oxygen atoms in total. The minimum absolute atomic E-state index is 0.0276. The van der Waals surface area contributed by atoms with Crippen molar-refractivity contribution < 1.29 is 9.84 Å². The minimum atomic E-state index is -0.0276. The van der Waals surface area contributed by atoms with Gasteiger partial charge in [0.2, 0.25) is 0 Å². The van der Waals surface area contributed by atoms with Crippen LogP contribution >= 0.6 is 11.6 Å². The highest BCUT2D eigenvalue weighted by Crippen LogP contribution is 2.29. The Labute approximate surface area is 113 Å². The predicted molar refractivity (Wildman–Crippen MR) is 74.2 cm³/mol. The molecule has 18 heavy (non-hydrogen) atoms. The lowest BCUT2D eigenvalue weighted by Crippen LogP contribution is -2.30. The van der Waals surface area contributed by atoms with Gasteiger partial charge < -0.3 is 14.7 Å². The molecule has 1 N–H and O–H groups in total. The number of ether oxygens (including phenoxy) is 1. The lowest BCUT2D eigenvalue weighted by atomic mass is 10.1. The summed E-state index contributed by atoms with van der Waals surface area (Å²) in [7, 11) is 1.72. The van der Waals surface area contributed by atoms with Gasteiger partial charge in [-0.3, -0.25) is 0 Å². The zero-order chi connectivity index (χ0) is 13.0. The Morgan fingerprint density at radius 3 is 2.89 bits per heavy atom. The highest BCUT2D eigenvalue weighted by Gasteiger charge is 2.16. The highest BCUT2D eigenvalue weighted by molar-refractivity contribution is 6.31. The van der Waals surface area contributed by atoms with Crippen LogP contribution in [0, 0.1) is 0 Å². The van der Waals surface area contributed by atoms with Crippen molar-refractivity contribution in [2.24, 2.45) is 0 Å². The molecule has 1 aromatic carbocycles. The molecule has 0 aromatic heterocycles. The molecule has 0 saturated heterocycles. The molecule has 0 radical (unpaired) electrons. The number of methoxy groups -OCH3 is 1. The summed E-state index contributed by atoms with van der Waals surface area (Å²) in [5.74, 6) is 0. The Kier molecular flexibility index (Phi) is 4.64. The molecule has 1 aromatic rings. The smallest absolute Gasteiger partial charge is 0.0716 e. The van der Waals surface area contributed by atoms with Crippen LogP contribution in [0.1, 0.15) is 12.0 Å². The van der Waals surface area contributed by atoms with E-state index >= 15 is 0 Å². The first-order valence-electron chi connectivity index (χ1n) is 6.06. The number of hydrogen-bond donors (Lipinski definition) is 1. The third-order valence-electron chi connectivity index (χ3n) is 3.23. The SMILES string of the molecule is COCC1=CCN(c2cccc(Cl)c2CO)CC1. The van der Waals surface area contributed by atoms with Crippen molar-refractivity contribution in [3.05, 3.63) is 40.4 Å². The van der Waals surface area contributed by atoms with Crippen LogP contribution < -0.4 is 4.90 Å². The van der Waals surface area contributed by atoms with Gasteiger partial charge in [0.1, 0.15) is 0 Å². The first kappa shape index (κ1) is 13.4. The number of aliphatic hydroxyl groups is 1.